The Labute approximate surface area is 167 Å². The molecular formula is C22H20FN5O. The van der Waals surface area contributed by atoms with Gasteiger partial charge in [-0.3, -0.25) is 4.79 Å². The number of halogens is 1. The highest BCUT2D eigenvalue weighted by atomic mass is 19.1. The van der Waals surface area contributed by atoms with Crippen LogP contribution in [0.2, 0.25) is 0 Å². The molecule has 6 nitrogen and oxygen atoms in total. The van der Waals surface area contributed by atoms with Crippen LogP contribution < -0.4 is 5.32 Å². The van der Waals surface area contributed by atoms with Crippen molar-refractivity contribution in [3.63, 3.8) is 0 Å². The van der Waals surface area contributed by atoms with Gasteiger partial charge in [-0.15, -0.1) is 5.10 Å². The summed E-state index contributed by atoms with van der Waals surface area (Å²) in [7, 11) is 0. The van der Waals surface area contributed by atoms with E-state index >= 15 is 0 Å². The van der Waals surface area contributed by atoms with E-state index in [9.17, 15) is 9.18 Å². The van der Waals surface area contributed by atoms with Crippen molar-refractivity contribution in [1.29, 1.82) is 0 Å². The highest BCUT2D eigenvalue weighted by Crippen LogP contribution is 2.22. The van der Waals surface area contributed by atoms with E-state index in [0.717, 1.165) is 5.56 Å². The van der Waals surface area contributed by atoms with Gasteiger partial charge in [0, 0.05) is 11.6 Å². The fourth-order valence-corrected chi connectivity index (χ4v) is 3.11. The predicted molar refractivity (Wildman–Crippen MR) is 108 cm³/mol. The second-order valence-corrected chi connectivity index (χ2v) is 6.89. The lowest BCUT2D eigenvalue weighted by Crippen LogP contribution is -2.31. The average molecular weight is 389 g/mol. The molecule has 2 heterocycles. The van der Waals surface area contributed by atoms with Crippen molar-refractivity contribution in [3.05, 3.63) is 84.2 Å². The van der Waals surface area contributed by atoms with E-state index in [-0.39, 0.29) is 23.7 Å². The van der Waals surface area contributed by atoms with E-state index in [0.29, 0.717) is 22.7 Å². The second kappa shape index (κ2) is 7.79. The third-order valence-corrected chi connectivity index (χ3v) is 4.83. The van der Waals surface area contributed by atoms with Gasteiger partial charge in [-0.1, -0.05) is 42.5 Å². The molecule has 4 rings (SSSR count). The summed E-state index contributed by atoms with van der Waals surface area (Å²) in [6.45, 7) is 3.69. The van der Waals surface area contributed by atoms with Gasteiger partial charge in [0.1, 0.15) is 12.1 Å². The first kappa shape index (κ1) is 18.7. The Hall–Kier alpha value is -3.61. The quantitative estimate of drug-likeness (QED) is 0.562. The molecule has 4 aromatic rings. The summed E-state index contributed by atoms with van der Waals surface area (Å²) in [4.78, 5) is 21.4. The van der Waals surface area contributed by atoms with Crippen LogP contribution >= 0.6 is 0 Å². The van der Waals surface area contributed by atoms with E-state index in [2.05, 4.69) is 20.4 Å². The zero-order valence-corrected chi connectivity index (χ0v) is 16.1. The van der Waals surface area contributed by atoms with Crippen molar-refractivity contribution < 1.29 is 9.18 Å². The van der Waals surface area contributed by atoms with Crippen LogP contribution in [0.4, 0.5) is 4.39 Å². The number of rotatable bonds is 5. The summed E-state index contributed by atoms with van der Waals surface area (Å²) in [5.74, 6) is -0.275. The molecule has 0 aliphatic carbocycles. The molecule has 0 spiro atoms. The first-order chi connectivity index (χ1) is 14.0. The number of carbonyl (C=O) groups excluding carboxylic acids is 1. The molecule has 0 bridgehead atoms. The minimum Gasteiger partial charge on any atom is -0.346 e. The lowest BCUT2D eigenvalue weighted by Gasteiger charge is -2.15. The summed E-state index contributed by atoms with van der Waals surface area (Å²) in [6, 6.07) is 17.3. The lowest BCUT2D eigenvalue weighted by atomic mass is 10.0. The number of amides is 1. The molecule has 7 heteroatoms. The van der Waals surface area contributed by atoms with Gasteiger partial charge in [0.25, 0.3) is 0 Å². The molecule has 2 aromatic carbocycles. The van der Waals surface area contributed by atoms with Crippen LogP contribution in [0.25, 0.3) is 16.9 Å². The number of carbonyl (C=O) groups is 1. The van der Waals surface area contributed by atoms with Crippen molar-refractivity contribution in [2.24, 2.45) is 0 Å². The molecule has 0 unspecified atom stereocenters. The number of hydrogen-bond acceptors (Lipinski definition) is 4. The fraction of sp³-hybridized carbons (Fsp3) is 0.182. The topological polar surface area (TPSA) is 72.2 Å². The van der Waals surface area contributed by atoms with E-state index < -0.39 is 0 Å². The van der Waals surface area contributed by atoms with E-state index in [1.165, 1.54) is 16.9 Å². The maximum Gasteiger partial charge on any atom is 0.227 e. The summed E-state index contributed by atoms with van der Waals surface area (Å²) in [6.07, 6.45) is 1.49. The van der Waals surface area contributed by atoms with Gasteiger partial charge in [0.2, 0.25) is 5.91 Å². The van der Waals surface area contributed by atoms with E-state index in [1.54, 1.807) is 24.3 Å². The first-order valence-corrected chi connectivity index (χ1v) is 9.35. The number of nitrogens with zero attached hydrogens (tertiary/aromatic N) is 4. The minimum atomic E-state index is -0.384. The second-order valence-electron chi connectivity index (χ2n) is 6.89. The van der Waals surface area contributed by atoms with E-state index in [4.69, 9.17) is 0 Å². The lowest BCUT2D eigenvalue weighted by molar-refractivity contribution is -0.122. The molecule has 0 saturated heterocycles. The Kier molecular flexibility index (Phi) is 5.03. The van der Waals surface area contributed by atoms with Crippen LogP contribution in [0, 0.1) is 5.82 Å². The normalized spacial score (nSPS) is 13.2. The van der Waals surface area contributed by atoms with Gasteiger partial charge < -0.3 is 5.32 Å². The SMILES string of the molecule is C[C@H](NC(=O)[C@H](C)c1ccccc1)c1nc2cc(-c3ccccc3F)ncn2n1. The summed E-state index contributed by atoms with van der Waals surface area (Å²) in [5.41, 5.74) is 2.35. The maximum absolute atomic E-state index is 14.0. The fourth-order valence-electron chi connectivity index (χ4n) is 3.11. The molecule has 1 amide bonds. The van der Waals surface area contributed by atoms with Crippen molar-refractivity contribution in [1.82, 2.24) is 24.9 Å². The summed E-state index contributed by atoms with van der Waals surface area (Å²) < 4.78 is 15.6. The van der Waals surface area contributed by atoms with Gasteiger partial charge in [-0.25, -0.2) is 18.9 Å². The Morgan fingerprint density at radius 1 is 1.07 bits per heavy atom. The molecule has 0 aliphatic rings. The Morgan fingerprint density at radius 3 is 2.55 bits per heavy atom. The average Bonchev–Trinajstić information content (AvgIpc) is 3.17. The molecule has 146 valence electrons. The van der Waals surface area contributed by atoms with Gasteiger partial charge in [0.15, 0.2) is 11.5 Å². The predicted octanol–water partition coefficient (Wildman–Crippen LogP) is 3.91. The molecule has 2 atom stereocenters. The Balaban J connectivity index is 1.55. The summed E-state index contributed by atoms with van der Waals surface area (Å²) in [5, 5.41) is 7.34. The standard InChI is InChI=1S/C22H20FN5O/c1-14(16-8-4-3-5-9-16)22(29)25-15(2)21-26-20-12-19(24-13-28(20)27-21)17-10-6-7-11-18(17)23/h3-15H,1-2H3,(H,25,29)/t14-,15+/m1/s1. The number of aromatic nitrogens is 4. The van der Waals surface area contributed by atoms with Crippen molar-refractivity contribution >= 4 is 11.6 Å². The van der Waals surface area contributed by atoms with Gasteiger partial charge in [0.05, 0.1) is 17.7 Å². The van der Waals surface area contributed by atoms with E-state index in [1.807, 2.05) is 44.2 Å². The number of benzene rings is 2. The van der Waals surface area contributed by atoms with Crippen LogP contribution in [0.15, 0.2) is 67.0 Å². The summed E-state index contributed by atoms with van der Waals surface area (Å²) >= 11 is 0. The van der Waals surface area contributed by atoms with Crippen molar-refractivity contribution in [2.75, 3.05) is 0 Å². The zero-order valence-electron chi connectivity index (χ0n) is 16.1. The third-order valence-electron chi connectivity index (χ3n) is 4.83. The largest absolute Gasteiger partial charge is 0.346 e. The molecular weight excluding hydrogens is 369 g/mol. The number of nitrogens with one attached hydrogen (secondary N) is 1. The zero-order chi connectivity index (χ0) is 20.4. The third kappa shape index (κ3) is 3.85. The molecule has 0 saturated carbocycles. The van der Waals surface area contributed by atoms with Crippen molar-refractivity contribution in [2.45, 2.75) is 25.8 Å². The Morgan fingerprint density at radius 2 is 1.79 bits per heavy atom. The van der Waals surface area contributed by atoms with Gasteiger partial charge >= 0.3 is 0 Å². The highest BCUT2D eigenvalue weighted by molar-refractivity contribution is 5.83. The highest BCUT2D eigenvalue weighted by Gasteiger charge is 2.20. The molecule has 0 fully saturated rings. The van der Waals surface area contributed by atoms with Crippen molar-refractivity contribution in [3.8, 4) is 11.3 Å². The van der Waals surface area contributed by atoms with Crippen LogP contribution in [-0.2, 0) is 4.79 Å². The smallest absolute Gasteiger partial charge is 0.227 e. The number of fused-ring (bicyclic) bond motifs is 1. The Bertz CT molecular complexity index is 1160. The van der Waals surface area contributed by atoms with Crippen LogP contribution in [0.1, 0.15) is 37.2 Å². The molecule has 0 aliphatic heterocycles. The van der Waals surface area contributed by atoms with Gasteiger partial charge in [-0.2, -0.15) is 0 Å². The number of hydrogen-bond donors (Lipinski definition) is 1. The maximum atomic E-state index is 14.0. The van der Waals surface area contributed by atoms with Gasteiger partial charge in [-0.05, 0) is 31.5 Å². The van der Waals surface area contributed by atoms with Crippen LogP contribution in [0.3, 0.4) is 0 Å². The van der Waals surface area contributed by atoms with Crippen LogP contribution in [-0.4, -0.2) is 25.5 Å². The molecule has 0 radical (unpaired) electrons. The minimum absolute atomic E-state index is 0.104. The molecule has 1 N–H and O–H groups in total. The van der Waals surface area contributed by atoms with Crippen LogP contribution in [0.5, 0.6) is 0 Å². The monoisotopic (exact) mass is 389 g/mol. The molecule has 2 aromatic heterocycles. The molecule has 29 heavy (non-hydrogen) atoms. The first-order valence-electron chi connectivity index (χ1n) is 9.35.